The zero-order valence-electron chi connectivity index (χ0n) is 14.0. The van der Waals surface area contributed by atoms with E-state index in [4.69, 9.17) is 9.47 Å². The third-order valence-electron chi connectivity index (χ3n) is 3.36. The van der Waals surface area contributed by atoms with Gasteiger partial charge < -0.3 is 9.47 Å². The lowest BCUT2D eigenvalue weighted by atomic mass is 10.2. The summed E-state index contributed by atoms with van der Waals surface area (Å²) in [7, 11) is 0.0218. The summed E-state index contributed by atoms with van der Waals surface area (Å²) in [6, 6.07) is 5.65. The van der Waals surface area contributed by atoms with Crippen molar-refractivity contribution >= 4 is 21.4 Å². The van der Waals surface area contributed by atoms with Crippen LogP contribution in [0.3, 0.4) is 0 Å². The van der Waals surface area contributed by atoms with Crippen molar-refractivity contribution in [1.29, 1.82) is 0 Å². The summed E-state index contributed by atoms with van der Waals surface area (Å²) in [5.41, 5.74) is 1.81. The number of benzene rings is 1. The van der Waals surface area contributed by atoms with Gasteiger partial charge in [-0.25, -0.2) is 18.1 Å². The highest BCUT2D eigenvalue weighted by Gasteiger charge is 2.11. The Morgan fingerprint density at radius 3 is 2.62 bits per heavy atom. The molecule has 0 saturated carbocycles. The highest BCUT2D eigenvalue weighted by Crippen LogP contribution is 2.33. The van der Waals surface area contributed by atoms with E-state index in [0.29, 0.717) is 30.9 Å². The third kappa shape index (κ3) is 4.93. The zero-order valence-corrected chi connectivity index (χ0v) is 15.7. The molecule has 8 heteroatoms. The van der Waals surface area contributed by atoms with Gasteiger partial charge in [0, 0.05) is 23.9 Å². The van der Waals surface area contributed by atoms with Gasteiger partial charge in [0.2, 0.25) is 10.0 Å². The van der Waals surface area contributed by atoms with E-state index in [1.807, 2.05) is 30.5 Å². The second kappa shape index (κ2) is 8.46. The molecule has 1 N–H and O–H groups in total. The molecule has 0 amide bonds. The Bertz CT molecular complexity index is 772. The van der Waals surface area contributed by atoms with Crippen LogP contribution in [0.25, 0.3) is 10.6 Å². The van der Waals surface area contributed by atoms with Crippen molar-refractivity contribution in [3.8, 4) is 22.1 Å². The number of thiazole rings is 1. The van der Waals surface area contributed by atoms with Crippen LogP contribution in [-0.2, 0) is 16.4 Å². The van der Waals surface area contributed by atoms with Gasteiger partial charge in [-0.15, -0.1) is 11.3 Å². The summed E-state index contributed by atoms with van der Waals surface area (Å²) in [6.45, 7) is 2.20. The van der Waals surface area contributed by atoms with E-state index < -0.39 is 10.0 Å². The van der Waals surface area contributed by atoms with E-state index in [1.54, 1.807) is 14.2 Å². The first kappa shape index (κ1) is 18.7. The van der Waals surface area contributed by atoms with E-state index in [0.717, 1.165) is 16.3 Å². The molecule has 24 heavy (non-hydrogen) atoms. The minimum absolute atomic E-state index is 0.154. The Kier molecular flexibility index (Phi) is 6.59. The van der Waals surface area contributed by atoms with Crippen molar-refractivity contribution in [3.63, 3.8) is 0 Å². The Morgan fingerprint density at radius 2 is 1.96 bits per heavy atom. The van der Waals surface area contributed by atoms with E-state index in [9.17, 15) is 8.42 Å². The second-order valence-electron chi connectivity index (χ2n) is 5.18. The molecule has 6 nitrogen and oxygen atoms in total. The highest BCUT2D eigenvalue weighted by atomic mass is 32.2. The van der Waals surface area contributed by atoms with Crippen molar-refractivity contribution in [2.45, 2.75) is 19.8 Å². The molecule has 1 aromatic heterocycles. The minimum Gasteiger partial charge on any atom is -0.493 e. The van der Waals surface area contributed by atoms with E-state index in [-0.39, 0.29) is 5.75 Å². The fraction of sp³-hybridized carbons (Fsp3) is 0.438. The molecule has 2 rings (SSSR count). The zero-order chi connectivity index (χ0) is 17.6. The number of sulfonamides is 1. The molecule has 132 valence electrons. The maximum atomic E-state index is 11.6. The van der Waals surface area contributed by atoms with Gasteiger partial charge in [0.15, 0.2) is 11.5 Å². The summed E-state index contributed by atoms with van der Waals surface area (Å²) >= 11 is 1.52. The maximum Gasteiger partial charge on any atom is 0.211 e. The molecular formula is C16H22N2O4S2. The fourth-order valence-corrected chi connectivity index (χ4v) is 4.15. The molecule has 0 atom stereocenters. The van der Waals surface area contributed by atoms with Crippen LogP contribution >= 0.6 is 11.3 Å². The predicted octanol–water partition coefficient (Wildman–Crippen LogP) is 2.70. The average molecular weight is 370 g/mol. The number of ether oxygens (including phenoxy) is 2. The molecule has 0 unspecified atom stereocenters. The number of hydrogen-bond acceptors (Lipinski definition) is 6. The standard InChI is InChI=1S/C16H22N2O4S2/c1-4-9-24(19,20)17-8-7-13-11-23-16(18-13)12-5-6-14(21-2)15(10-12)22-3/h5-6,10-11,17H,4,7-9H2,1-3H3. The summed E-state index contributed by atoms with van der Waals surface area (Å²) in [5.74, 6) is 1.48. The van der Waals surface area contributed by atoms with Gasteiger partial charge >= 0.3 is 0 Å². The summed E-state index contributed by atoms with van der Waals surface area (Å²) in [5, 5.41) is 2.81. The van der Waals surface area contributed by atoms with Gasteiger partial charge in [0.1, 0.15) is 5.01 Å². The third-order valence-corrected chi connectivity index (χ3v) is 5.89. The molecular weight excluding hydrogens is 348 g/mol. The molecule has 0 aliphatic rings. The number of hydrogen-bond donors (Lipinski definition) is 1. The lowest BCUT2D eigenvalue weighted by molar-refractivity contribution is 0.355. The Balaban J connectivity index is 2.03. The van der Waals surface area contributed by atoms with Crippen LogP contribution in [0.5, 0.6) is 11.5 Å². The molecule has 0 fully saturated rings. The smallest absolute Gasteiger partial charge is 0.211 e. The number of rotatable bonds is 9. The monoisotopic (exact) mass is 370 g/mol. The minimum atomic E-state index is -3.17. The van der Waals surface area contributed by atoms with Crippen molar-refractivity contribution in [3.05, 3.63) is 29.3 Å². The first-order valence-corrected chi connectivity index (χ1v) is 10.2. The van der Waals surface area contributed by atoms with Gasteiger partial charge in [-0.3, -0.25) is 0 Å². The topological polar surface area (TPSA) is 77.5 Å². The molecule has 0 radical (unpaired) electrons. The lowest BCUT2D eigenvalue weighted by Gasteiger charge is -2.08. The molecule has 0 aliphatic heterocycles. The van der Waals surface area contributed by atoms with Crippen molar-refractivity contribution in [1.82, 2.24) is 9.71 Å². The van der Waals surface area contributed by atoms with Crippen LogP contribution in [-0.4, -0.2) is 39.9 Å². The van der Waals surface area contributed by atoms with Crippen molar-refractivity contribution < 1.29 is 17.9 Å². The van der Waals surface area contributed by atoms with Crippen LogP contribution in [0, 0.1) is 0 Å². The molecule has 0 aliphatic carbocycles. The first-order chi connectivity index (χ1) is 11.5. The summed E-state index contributed by atoms with van der Waals surface area (Å²) in [4.78, 5) is 4.56. The Hall–Kier alpha value is -1.64. The van der Waals surface area contributed by atoms with Gasteiger partial charge in [-0.2, -0.15) is 0 Å². The molecule has 0 bridgehead atoms. The normalized spacial score (nSPS) is 11.5. The molecule has 1 aromatic carbocycles. The van der Waals surface area contributed by atoms with Crippen LogP contribution in [0.1, 0.15) is 19.0 Å². The summed E-state index contributed by atoms with van der Waals surface area (Å²) in [6.07, 6.45) is 1.17. The average Bonchev–Trinajstić information content (AvgIpc) is 3.02. The summed E-state index contributed by atoms with van der Waals surface area (Å²) < 4.78 is 36.4. The maximum absolute atomic E-state index is 11.6. The van der Waals surface area contributed by atoms with Crippen LogP contribution in [0.4, 0.5) is 0 Å². The van der Waals surface area contributed by atoms with E-state index in [2.05, 4.69) is 9.71 Å². The largest absolute Gasteiger partial charge is 0.493 e. The molecule has 1 heterocycles. The quantitative estimate of drug-likeness (QED) is 0.734. The first-order valence-electron chi connectivity index (χ1n) is 7.63. The second-order valence-corrected chi connectivity index (χ2v) is 7.96. The Morgan fingerprint density at radius 1 is 1.21 bits per heavy atom. The fourth-order valence-electron chi connectivity index (χ4n) is 2.20. The van der Waals surface area contributed by atoms with Crippen LogP contribution in [0.15, 0.2) is 23.6 Å². The van der Waals surface area contributed by atoms with Gasteiger partial charge in [-0.05, 0) is 24.6 Å². The molecule has 0 spiro atoms. The number of aromatic nitrogens is 1. The van der Waals surface area contributed by atoms with Gasteiger partial charge in [0.25, 0.3) is 0 Å². The highest BCUT2D eigenvalue weighted by molar-refractivity contribution is 7.89. The number of methoxy groups -OCH3 is 2. The predicted molar refractivity (Wildman–Crippen MR) is 96.4 cm³/mol. The number of nitrogens with one attached hydrogen (secondary N) is 1. The number of nitrogens with zero attached hydrogens (tertiary/aromatic N) is 1. The van der Waals surface area contributed by atoms with Crippen LogP contribution < -0.4 is 14.2 Å². The SMILES string of the molecule is CCCS(=O)(=O)NCCc1csc(-c2ccc(OC)c(OC)c2)n1. The van der Waals surface area contributed by atoms with Gasteiger partial charge in [0.05, 0.1) is 25.7 Å². The molecule has 0 saturated heterocycles. The Labute approximate surface area is 146 Å². The van der Waals surface area contributed by atoms with Crippen molar-refractivity contribution in [2.24, 2.45) is 0 Å². The van der Waals surface area contributed by atoms with Crippen molar-refractivity contribution in [2.75, 3.05) is 26.5 Å². The van der Waals surface area contributed by atoms with Gasteiger partial charge in [-0.1, -0.05) is 6.92 Å². The van der Waals surface area contributed by atoms with Crippen LogP contribution in [0.2, 0.25) is 0 Å². The molecule has 2 aromatic rings. The lowest BCUT2D eigenvalue weighted by Crippen LogP contribution is -2.28. The van der Waals surface area contributed by atoms with E-state index in [1.165, 1.54) is 11.3 Å². The van der Waals surface area contributed by atoms with E-state index >= 15 is 0 Å².